The molecule has 3 heterocycles. The van der Waals surface area contributed by atoms with Crippen molar-refractivity contribution < 1.29 is 9.53 Å². The maximum absolute atomic E-state index is 12.9. The summed E-state index contributed by atoms with van der Waals surface area (Å²) in [5.41, 5.74) is 3.39. The van der Waals surface area contributed by atoms with Crippen LogP contribution in [0.2, 0.25) is 0 Å². The lowest BCUT2D eigenvalue weighted by Gasteiger charge is -2.19. The van der Waals surface area contributed by atoms with Crippen LogP contribution in [0.5, 0.6) is 5.75 Å². The normalized spacial score (nSPS) is 10.9. The fraction of sp³-hybridized carbons (Fsp3) is 0.250. The predicted molar refractivity (Wildman–Crippen MR) is 125 cm³/mol. The Morgan fingerprint density at radius 1 is 1.19 bits per heavy atom. The van der Waals surface area contributed by atoms with Crippen LogP contribution in [0.15, 0.2) is 60.1 Å². The highest BCUT2D eigenvalue weighted by Crippen LogP contribution is 2.25. The quantitative estimate of drug-likeness (QED) is 0.443. The number of hydrogen-bond donors (Lipinski definition) is 1. The second-order valence-corrected chi connectivity index (χ2v) is 8.34. The molecule has 0 saturated heterocycles. The summed E-state index contributed by atoms with van der Waals surface area (Å²) >= 11 is 1.74. The minimum absolute atomic E-state index is 0.133. The summed E-state index contributed by atoms with van der Waals surface area (Å²) < 4.78 is 7.39. The summed E-state index contributed by atoms with van der Waals surface area (Å²) in [5.74, 6) is 1.65. The second-order valence-electron chi connectivity index (χ2n) is 7.31. The Hall–Kier alpha value is -3.32. The van der Waals surface area contributed by atoms with Gasteiger partial charge in [0.25, 0.3) is 5.91 Å². The number of hydrogen-bond acceptors (Lipinski definition) is 5. The van der Waals surface area contributed by atoms with E-state index in [9.17, 15) is 4.79 Å². The molecule has 0 atom stereocenters. The fourth-order valence-electron chi connectivity index (χ4n) is 3.69. The molecule has 1 aromatic carbocycles. The molecule has 31 heavy (non-hydrogen) atoms. The molecular weight excluding hydrogens is 408 g/mol. The molecule has 1 amide bonds. The van der Waals surface area contributed by atoms with E-state index in [1.807, 2.05) is 47.0 Å². The molecule has 4 rings (SSSR count). The molecule has 3 aromatic heterocycles. The van der Waals surface area contributed by atoms with Crippen LogP contribution in [-0.2, 0) is 19.5 Å². The maximum atomic E-state index is 12.9. The van der Waals surface area contributed by atoms with Crippen LogP contribution in [0.25, 0.3) is 5.65 Å². The summed E-state index contributed by atoms with van der Waals surface area (Å²) in [6, 6.07) is 15.6. The van der Waals surface area contributed by atoms with Crippen LogP contribution in [0.1, 0.15) is 33.4 Å². The number of methoxy groups -OCH3 is 1. The number of imidazole rings is 1. The lowest BCUT2D eigenvalue weighted by atomic mass is 10.2. The Labute approximate surface area is 186 Å². The van der Waals surface area contributed by atoms with Gasteiger partial charge >= 0.3 is 0 Å². The van der Waals surface area contributed by atoms with Gasteiger partial charge in [-0.2, -0.15) is 0 Å². The van der Waals surface area contributed by atoms with Crippen molar-refractivity contribution in [3.05, 3.63) is 81.8 Å². The van der Waals surface area contributed by atoms with Crippen molar-refractivity contribution in [1.82, 2.24) is 14.7 Å². The van der Waals surface area contributed by atoms with Crippen LogP contribution in [-0.4, -0.2) is 29.4 Å². The largest absolute Gasteiger partial charge is 0.496 e. The van der Waals surface area contributed by atoms with E-state index < -0.39 is 0 Å². The first-order chi connectivity index (χ1) is 15.1. The zero-order valence-corrected chi connectivity index (χ0v) is 18.8. The Morgan fingerprint density at radius 2 is 2.03 bits per heavy atom. The van der Waals surface area contributed by atoms with Crippen molar-refractivity contribution in [3.63, 3.8) is 0 Å². The molecule has 6 nitrogen and oxygen atoms in total. The number of pyridine rings is 1. The molecule has 0 fully saturated rings. The van der Waals surface area contributed by atoms with E-state index in [0.29, 0.717) is 12.1 Å². The van der Waals surface area contributed by atoms with Gasteiger partial charge < -0.3 is 15.0 Å². The topological polar surface area (TPSA) is 58.9 Å². The van der Waals surface area contributed by atoms with E-state index in [4.69, 9.17) is 9.72 Å². The van der Waals surface area contributed by atoms with Crippen LogP contribution in [0.4, 0.5) is 5.82 Å². The monoisotopic (exact) mass is 434 g/mol. The summed E-state index contributed by atoms with van der Waals surface area (Å²) in [5, 5.41) is 5.08. The number of rotatable bonds is 8. The number of aryl methyl sites for hydroxylation is 1. The summed E-state index contributed by atoms with van der Waals surface area (Å²) in [6.45, 7) is 3.30. The van der Waals surface area contributed by atoms with E-state index in [-0.39, 0.29) is 5.91 Å². The van der Waals surface area contributed by atoms with Crippen molar-refractivity contribution in [2.45, 2.75) is 26.4 Å². The van der Waals surface area contributed by atoms with Crippen LogP contribution >= 0.6 is 11.3 Å². The molecule has 0 radical (unpaired) electrons. The Balaban J connectivity index is 1.59. The molecule has 0 aliphatic heterocycles. The van der Waals surface area contributed by atoms with Gasteiger partial charge in [0.1, 0.15) is 17.2 Å². The average molecular weight is 435 g/mol. The van der Waals surface area contributed by atoms with Gasteiger partial charge in [0.2, 0.25) is 0 Å². The average Bonchev–Trinajstić information content (AvgIpc) is 3.44. The molecule has 7 heteroatoms. The highest BCUT2D eigenvalue weighted by molar-refractivity contribution is 7.09. The number of nitrogens with one attached hydrogen (secondary N) is 1. The molecule has 0 bridgehead atoms. The lowest BCUT2D eigenvalue weighted by molar-refractivity contribution is 0.0950. The van der Waals surface area contributed by atoms with Gasteiger partial charge in [0.05, 0.1) is 24.9 Å². The standard InChI is InChI=1S/C24H26N4O2S/c1-4-20-24(27(2)16-19-9-7-13-31-19)28-15-18(11-12-22(28)26-20)23(29)25-14-17-8-5-6-10-21(17)30-3/h5-13,15H,4,14,16H2,1-3H3,(H,25,29). The minimum atomic E-state index is -0.133. The van der Waals surface area contributed by atoms with E-state index in [2.05, 4.69) is 41.7 Å². The Morgan fingerprint density at radius 3 is 2.77 bits per heavy atom. The number of amides is 1. The first-order valence-electron chi connectivity index (χ1n) is 10.2. The van der Waals surface area contributed by atoms with Crippen molar-refractivity contribution in [3.8, 4) is 5.75 Å². The predicted octanol–water partition coefficient (Wildman–Crippen LogP) is 4.53. The van der Waals surface area contributed by atoms with Crippen molar-refractivity contribution in [1.29, 1.82) is 0 Å². The van der Waals surface area contributed by atoms with Gasteiger partial charge in [-0.3, -0.25) is 9.20 Å². The van der Waals surface area contributed by atoms with Gasteiger partial charge in [-0.15, -0.1) is 11.3 Å². The minimum Gasteiger partial charge on any atom is -0.496 e. The molecule has 0 aliphatic rings. The maximum Gasteiger partial charge on any atom is 0.253 e. The number of para-hydroxylation sites is 1. The van der Waals surface area contributed by atoms with E-state index in [0.717, 1.165) is 41.4 Å². The summed E-state index contributed by atoms with van der Waals surface area (Å²) in [7, 11) is 3.70. The Kier molecular flexibility index (Phi) is 6.23. The third-order valence-corrected chi connectivity index (χ3v) is 6.09. The molecule has 160 valence electrons. The Bertz CT molecular complexity index is 1180. The number of fused-ring (bicyclic) bond motifs is 1. The zero-order chi connectivity index (χ0) is 21.8. The lowest BCUT2D eigenvalue weighted by Crippen LogP contribution is -2.24. The molecule has 1 N–H and O–H groups in total. The molecule has 0 unspecified atom stereocenters. The highest BCUT2D eigenvalue weighted by atomic mass is 32.1. The zero-order valence-electron chi connectivity index (χ0n) is 18.0. The van der Waals surface area contributed by atoms with E-state index in [1.54, 1.807) is 18.4 Å². The fourth-order valence-corrected chi connectivity index (χ4v) is 4.45. The SMILES string of the molecule is CCc1nc2ccc(C(=O)NCc3ccccc3OC)cn2c1N(C)Cc1cccs1. The summed E-state index contributed by atoms with van der Waals surface area (Å²) in [6.07, 6.45) is 2.69. The third kappa shape index (κ3) is 4.41. The number of carbonyl (C=O) groups is 1. The van der Waals surface area contributed by atoms with Gasteiger partial charge in [-0.1, -0.05) is 31.2 Å². The van der Waals surface area contributed by atoms with Gasteiger partial charge in [-0.05, 0) is 36.1 Å². The highest BCUT2D eigenvalue weighted by Gasteiger charge is 2.17. The number of ether oxygens (including phenoxy) is 1. The van der Waals surface area contributed by atoms with Crippen molar-refractivity contribution >= 4 is 28.7 Å². The van der Waals surface area contributed by atoms with E-state index in [1.165, 1.54) is 4.88 Å². The molecule has 0 spiro atoms. The number of aromatic nitrogens is 2. The number of nitrogens with zero attached hydrogens (tertiary/aromatic N) is 3. The summed E-state index contributed by atoms with van der Waals surface area (Å²) in [4.78, 5) is 21.1. The number of carbonyl (C=O) groups excluding carboxylic acids is 1. The third-order valence-electron chi connectivity index (χ3n) is 5.23. The first kappa shape index (κ1) is 20.9. The molecule has 0 aliphatic carbocycles. The number of thiophene rings is 1. The number of benzene rings is 1. The van der Waals surface area contributed by atoms with Crippen LogP contribution in [0, 0.1) is 0 Å². The molecular formula is C24H26N4O2S. The number of anilines is 1. The van der Waals surface area contributed by atoms with Gasteiger partial charge in [0.15, 0.2) is 0 Å². The van der Waals surface area contributed by atoms with Gasteiger partial charge in [0, 0.05) is 30.2 Å². The van der Waals surface area contributed by atoms with Crippen LogP contribution in [0.3, 0.4) is 0 Å². The molecule has 0 saturated carbocycles. The van der Waals surface area contributed by atoms with Gasteiger partial charge in [-0.25, -0.2) is 4.98 Å². The second kappa shape index (κ2) is 9.22. The van der Waals surface area contributed by atoms with Crippen LogP contribution < -0.4 is 15.0 Å². The smallest absolute Gasteiger partial charge is 0.253 e. The first-order valence-corrected chi connectivity index (χ1v) is 11.1. The van der Waals surface area contributed by atoms with Crippen molar-refractivity contribution in [2.75, 3.05) is 19.1 Å². The van der Waals surface area contributed by atoms with Crippen molar-refractivity contribution in [2.24, 2.45) is 0 Å². The molecule has 4 aromatic rings. The van der Waals surface area contributed by atoms with E-state index >= 15 is 0 Å².